The maximum Gasteiger partial charge on any atom is 1.00 e. The van der Waals surface area contributed by atoms with Gasteiger partial charge in [-0.25, -0.2) is 0 Å². The smallest absolute Gasteiger partial charge is 0.0312 e. The van der Waals surface area contributed by atoms with Gasteiger partial charge in [0.05, 0.1) is 0 Å². The van der Waals surface area contributed by atoms with Gasteiger partial charge >= 0.3 is 51.4 Å². The molecule has 2 saturated carbocycles. The third-order valence-electron chi connectivity index (χ3n) is 1.78. The van der Waals surface area contributed by atoms with Crippen LogP contribution < -0.4 is 51.4 Å². The van der Waals surface area contributed by atoms with Crippen LogP contribution >= 0.6 is 0 Å². The van der Waals surface area contributed by atoms with E-state index >= 15 is 0 Å². The molecule has 0 amide bonds. The SMILES string of the molecule is [CH]1[CH][CH][CH][CH][CH][CH][CH]1.[CH]1[CH][CH][CH][CH][CH][CH][CH]1.[K+].[Y]. The Labute approximate surface area is 184 Å². The van der Waals surface area contributed by atoms with Crippen molar-refractivity contribution in [2.45, 2.75) is 0 Å². The molecule has 83 valence electrons. The summed E-state index contributed by atoms with van der Waals surface area (Å²) in [7, 11) is 0. The molecule has 0 aromatic rings. The molecule has 0 atom stereocenters. The summed E-state index contributed by atoms with van der Waals surface area (Å²) in [6, 6.07) is 0. The number of rotatable bonds is 0. The minimum absolute atomic E-state index is 0. The van der Waals surface area contributed by atoms with Crippen LogP contribution in [0.5, 0.6) is 0 Å². The molecule has 0 unspecified atom stereocenters. The fourth-order valence-corrected chi connectivity index (χ4v) is 1.03. The van der Waals surface area contributed by atoms with Gasteiger partial charge in [-0.3, -0.25) is 0 Å². The molecule has 2 heteroatoms. The topological polar surface area (TPSA) is 0 Å². The average molecular weight is 336 g/mol. The first-order valence-corrected chi connectivity index (χ1v) is 5.33. The zero-order valence-electron chi connectivity index (χ0n) is 10.8. The Morgan fingerprint density at radius 3 is 0.333 bits per heavy atom. The van der Waals surface area contributed by atoms with Crippen molar-refractivity contribution < 1.29 is 84.1 Å². The first kappa shape index (κ1) is 23.0. The van der Waals surface area contributed by atoms with Crippen molar-refractivity contribution in [3.8, 4) is 0 Å². The zero-order chi connectivity index (χ0) is 11.3. The van der Waals surface area contributed by atoms with E-state index in [0.717, 1.165) is 0 Å². The fourth-order valence-electron chi connectivity index (χ4n) is 1.03. The molecule has 2 fully saturated rings. The van der Waals surface area contributed by atoms with E-state index in [-0.39, 0.29) is 84.1 Å². The first-order chi connectivity index (χ1) is 8.00. The Hall–Kier alpha value is 2.74. The molecule has 0 aromatic carbocycles. The second-order valence-electron chi connectivity index (χ2n) is 3.08. The summed E-state index contributed by atoms with van der Waals surface area (Å²) in [4.78, 5) is 0. The second kappa shape index (κ2) is 19.7. The third-order valence-corrected chi connectivity index (χ3v) is 1.78. The third kappa shape index (κ3) is 16.8. The van der Waals surface area contributed by atoms with E-state index in [1.165, 1.54) is 0 Å². The molecule has 2 aliphatic carbocycles. The second-order valence-corrected chi connectivity index (χ2v) is 3.08. The molecular weight excluding hydrogens is 320 g/mol. The summed E-state index contributed by atoms with van der Waals surface area (Å²) in [5, 5.41) is 0. The van der Waals surface area contributed by atoms with Crippen molar-refractivity contribution in [3.05, 3.63) is 103 Å². The van der Waals surface area contributed by atoms with Gasteiger partial charge < -0.3 is 0 Å². The maximum absolute atomic E-state index is 2.00. The van der Waals surface area contributed by atoms with Crippen LogP contribution in [0.1, 0.15) is 0 Å². The summed E-state index contributed by atoms with van der Waals surface area (Å²) in [5.74, 6) is 0. The Kier molecular flexibility index (Phi) is 25.2. The monoisotopic (exact) mass is 336 g/mol. The van der Waals surface area contributed by atoms with E-state index in [2.05, 4.69) is 0 Å². The largest absolute Gasteiger partial charge is 1.00 e. The normalized spacial score (nSPS) is 21.3. The van der Waals surface area contributed by atoms with Crippen molar-refractivity contribution in [3.63, 3.8) is 0 Å². The molecule has 0 bridgehead atoms. The van der Waals surface area contributed by atoms with Gasteiger partial charge in [-0.1, -0.05) is 0 Å². The Morgan fingerprint density at radius 2 is 0.278 bits per heavy atom. The molecule has 2 rings (SSSR count). The van der Waals surface area contributed by atoms with Gasteiger partial charge in [0.25, 0.3) is 0 Å². The minimum atomic E-state index is 0. The molecule has 0 nitrogen and oxygen atoms in total. The maximum atomic E-state index is 2.00. The number of hydrogen-bond donors (Lipinski definition) is 0. The molecule has 0 aromatic heterocycles. The molecule has 0 heterocycles. The van der Waals surface area contributed by atoms with Crippen molar-refractivity contribution in [2.75, 3.05) is 0 Å². The molecular formula is C16H16KY+. The van der Waals surface area contributed by atoms with Crippen LogP contribution in [0.3, 0.4) is 0 Å². The van der Waals surface area contributed by atoms with Crippen molar-refractivity contribution >= 4 is 0 Å². The van der Waals surface area contributed by atoms with Gasteiger partial charge in [0.15, 0.2) is 0 Å². The quantitative estimate of drug-likeness (QED) is 0.557. The van der Waals surface area contributed by atoms with Crippen LogP contribution in [-0.4, -0.2) is 0 Å². The van der Waals surface area contributed by atoms with E-state index in [0.29, 0.717) is 0 Å². The molecule has 18 heavy (non-hydrogen) atoms. The van der Waals surface area contributed by atoms with Crippen LogP contribution in [0.15, 0.2) is 0 Å². The average Bonchev–Trinajstić information content (AvgIpc) is 2.15. The molecule has 17 radical (unpaired) electrons. The standard InChI is InChI=1S/2C8H8.K.Y/c2*1-2-4-6-8-7-5-3-1;;/h2*1-8H;;/q;;+1;. The van der Waals surface area contributed by atoms with Crippen LogP contribution in [0.25, 0.3) is 0 Å². The summed E-state index contributed by atoms with van der Waals surface area (Å²) in [6.45, 7) is 0. The van der Waals surface area contributed by atoms with Crippen LogP contribution in [-0.2, 0) is 32.7 Å². The minimum Gasteiger partial charge on any atom is -0.0312 e. The molecule has 0 N–H and O–H groups in total. The van der Waals surface area contributed by atoms with E-state index in [9.17, 15) is 0 Å². The Bertz CT molecular complexity index is 75.1. The summed E-state index contributed by atoms with van der Waals surface area (Å²) >= 11 is 0. The van der Waals surface area contributed by atoms with Crippen molar-refractivity contribution in [2.24, 2.45) is 0 Å². The van der Waals surface area contributed by atoms with Gasteiger partial charge in [-0.2, -0.15) is 0 Å². The molecule has 0 spiro atoms. The molecule has 2 aliphatic rings. The van der Waals surface area contributed by atoms with E-state index in [1.807, 2.05) is 103 Å². The van der Waals surface area contributed by atoms with Gasteiger partial charge in [0, 0.05) is 32.7 Å². The molecule has 0 saturated heterocycles. The van der Waals surface area contributed by atoms with Crippen LogP contribution in [0.4, 0.5) is 0 Å². The van der Waals surface area contributed by atoms with Crippen LogP contribution in [0.2, 0.25) is 0 Å². The van der Waals surface area contributed by atoms with Gasteiger partial charge in [0.2, 0.25) is 0 Å². The first-order valence-electron chi connectivity index (χ1n) is 5.33. The van der Waals surface area contributed by atoms with Crippen molar-refractivity contribution in [1.29, 1.82) is 0 Å². The molecule has 0 aliphatic heterocycles. The van der Waals surface area contributed by atoms with Gasteiger partial charge in [0.1, 0.15) is 0 Å². The van der Waals surface area contributed by atoms with Crippen molar-refractivity contribution in [1.82, 2.24) is 0 Å². The summed E-state index contributed by atoms with van der Waals surface area (Å²) in [6.07, 6.45) is 32.0. The van der Waals surface area contributed by atoms with E-state index in [1.54, 1.807) is 0 Å². The summed E-state index contributed by atoms with van der Waals surface area (Å²) in [5.41, 5.74) is 0. The summed E-state index contributed by atoms with van der Waals surface area (Å²) < 4.78 is 0. The zero-order valence-corrected chi connectivity index (χ0v) is 16.8. The predicted molar refractivity (Wildman–Crippen MR) is 68.8 cm³/mol. The van der Waals surface area contributed by atoms with Gasteiger partial charge in [-0.15, -0.1) is 0 Å². The van der Waals surface area contributed by atoms with Crippen LogP contribution in [0, 0.1) is 103 Å². The Morgan fingerprint density at radius 1 is 0.222 bits per heavy atom. The number of hydrogen-bond acceptors (Lipinski definition) is 0. The predicted octanol–water partition coefficient (Wildman–Crippen LogP) is 0.270. The van der Waals surface area contributed by atoms with Gasteiger partial charge in [-0.05, 0) is 103 Å². The van der Waals surface area contributed by atoms with E-state index in [4.69, 9.17) is 0 Å². The Balaban J connectivity index is 0. The fraction of sp³-hybridized carbons (Fsp3) is 0. The van der Waals surface area contributed by atoms with E-state index < -0.39 is 0 Å².